The fourth-order valence-corrected chi connectivity index (χ4v) is 2.89. The minimum Gasteiger partial charge on any atom is -0.492 e. The number of guanidine groups is 1. The zero-order valence-electron chi connectivity index (χ0n) is 16.3. The van der Waals surface area contributed by atoms with Gasteiger partial charge in [0.2, 0.25) is 0 Å². The fourth-order valence-electron chi connectivity index (χ4n) is 2.89. The molecule has 25 heavy (non-hydrogen) atoms. The molecule has 1 aliphatic rings. The van der Waals surface area contributed by atoms with Gasteiger partial charge in [0.25, 0.3) is 0 Å². The molecule has 0 saturated carbocycles. The van der Waals surface area contributed by atoms with Crippen molar-refractivity contribution in [3.8, 4) is 5.75 Å². The lowest BCUT2D eigenvalue weighted by Gasteiger charge is -2.33. The summed E-state index contributed by atoms with van der Waals surface area (Å²) in [5, 5.41) is 3.44. The van der Waals surface area contributed by atoms with E-state index in [-0.39, 0.29) is 0 Å². The number of ether oxygens (including phenoxy) is 1. The van der Waals surface area contributed by atoms with Crippen LogP contribution < -0.4 is 10.1 Å². The molecule has 0 atom stereocenters. The molecule has 1 heterocycles. The van der Waals surface area contributed by atoms with E-state index < -0.39 is 0 Å². The lowest BCUT2D eigenvalue weighted by Crippen LogP contribution is -2.45. The van der Waals surface area contributed by atoms with Gasteiger partial charge in [-0.05, 0) is 57.5 Å². The Morgan fingerprint density at radius 3 is 2.76 bits per heavy atom. The molecular formula is C20H34N4O. The van der Waals surface area contributed by atoms with Crippen LogP contribution in [0.5, 0.6) is 5.75 Å². The highest BCUT2D eigenvalue weighted by Gasteiger charge is 2.18. The van der Waals surface area contributed by atoms with E-state index in [1.54, 1.807) is 0 Å². The van der Waals surface area contributed by atoms with Crippen LogP contribution >= 0.6 is 0 Å². The molecule has 1 N–H and O–H groups in total. The van der Waals surface area contributed by atoms with E-state index in [0.717, 1.165) is 43.8 Å². The number of aliphatic imine (C=N–C) groups is 1. The molecule has 0 amide bonds. The molecule has 0 aliphatic carbocycles. The van der Waals surface area contributed by atoms with Crippen LogP contribution in [0, 0.1) is 5.92 Å². The van der Waals surface area contributed by atoms with Crippen molar-refractivity contribution in [3.63, 3.8) is 0 Å². The van der Waals surface area contributed by atoms with Crippen LogP contribution in [0.1, 0.15) is 32.3 Å². The number of benzene rings is 1. The van der Waals surface area contributed by atoms with E-state index in [9.17, 15) is 0 Å². The second kappa shape index (κ2) is 10.3. The van der Waals surface area contributed by atoms with Crippen molar-refractivity contribution in [2.24, 2.45) is 10.9 Å². The van der Waals surface area contributed by atoms with E-state index in [1.165, 1.54) is 18.4 Å². The Morgan fingerprint density at radius 1 is 1.32 bits per heavy atom. The molecule has 0 spiro atoms. The summed E-state index contributed by atoms with van der Waals surface area (Å²) >= 11 is 0. The molecule has 1 saturated heterocycles. The monoisotopic (exact) mass is 346 g/mol. The number of likely N-dealkylation sites (tertiary alicyclic amines) is 1. The average molecular weight is 347 g/mol. The lowest BCUT2D eigenvalue weighted by atomic mass is 10.00. The molecule has 5 nitrogen and oxygen atoms in total. The number of hydrogen-bond acceptors (Lipinski definition) is 3. The molecule has 140 valence electrons. The van der Waals surface area contributed by atoms with Crippen molar-refractivity contribution in [1.29, 1.82) is 0 Å². The van der Waals surface area contributed by atoms with Crippen LogP contribution in [0.3, 0.4) is 0 Å². The summed E-state index contributed by atoms with van der Waals surface area (Å²) in [7, 11) is 4.11. The second-order valence-electron chi connectivity index (χ2n) is 7.14. The number of rotatable bonds is 7. The lowest BCUT2D eigenvalue weighted by molar-refractivity contribution is 0.261. The Labute approximate surface area is 153 Å². The van der Waals surface area contributed by atoms with E-state index in [0.29, 0.717) is 13.2 Å². The molecule has 2 rings (SSSR count). The molecule has 0 bridgehead atoms. The van der Waals surface area contributed by atoms with Crippen LogP contribution in [0.4, 0.5) is 0 Å². The molecule has 1 aromatic rings. The number of nitrogens with zero attached hydrogens (tertiary/aromatic N) is 3. The van der Waals surface area contributed by atoms with Gasteiger partial charge in [-0.15, -0.1) is 0 Å². The van der Waals surface area contributed by atoms with E-state index in [2.05, 4.69) is 55.2 Å². The van der Waals surface area contributed by atoms with Gasteiger partial charge in [-0.3, -0.25) is 0 Å². The van der Waals surface area contributed by atoms with Gasteiger partial charge in [-0.25, -0.2) is 4.99 Å². The summed E-state index contributed by atoms with van der Waals surface area (Å²) in [5.74, 6) is 2.79. The van der Waals surface area contributed by atoms with Gasteiger partial charge in [0.15, 0.2) is 5.96 Å². The first-order valence-corrected chi connectivity index (χ1v) is 9.48. The summed E-state index contributed by atoms with van der Waals surface area (Å²) in [5.41, 5.74) is 1.18. The summed E-state index contributed by atoms with van der Waals surface area (Å²) in [6.45, 7) is 9.86. The van der Waals surface area contributed by atoms with Gasteiger partial charge in [-0.1, -0.05) is 19.1 Å². The predicted octanol–water partition coefficient (Wildman–Crippen LogP) is 2.82. The molecule has 0 radical (unpaired) electrons. The van der Waals surface area contributed by atoms with Gasteiger partial charge in [0.1, 0.15) is 12.4 Å². The predicted molar refractivity (Wildman–Crippen MR) is 105 cm³/mol. The quantitative estimate of drug-likeness (QED) is 0.609. The molecule has 1 aromatic carbocycles. The summed E-state index contributed by atoms with van der Waals surface area (Å²) in [6, 6.07) is 8.27. The summed E-state index contributed by atoms with van der Waals surface area (Å²) < 4.78 is 5.82. The normalized spacial score (nSPS) is 16.4. The van der Waals surface area contributed by atoms with E-state index in [1.807, 2.05) is 12.1 Å². The van der Waals surface area contributed by atoms with E-state index >= 15 is 0 Å². The number of nitrogens with one attached hydrogen (secondary N) is 1. The molecule has 5 heteroatoms. The third kappa shape index (κ3) is 6.94. The molecule has 1 fully saturated rings. The topological polar surface area (TPSA) is 40.1 Å². The van der Waals surface area contributed by atoms with E-state index in [4.69, 9.17) is 9.73 Å². The van der Waals surface area contributed by atoms with Gasteiger partial charge in [-0.2, -0.15) is 0 Å². The van der Waals surface area contributed by atoms with Gasteiger partial charge in [0, 0.05) is 26.2 Å². The maximum absolute atomic E-state index is 5.82. The first kappa shape index (κ1) is 19.6. The summed E-state index contributed by atoms with van der Waals surface area (Å²) in [6.07, 6.45) is 2.50. The molecule has 1 aliphatic heterocycles. The van der Waals surface area contributed by atoms with Crippen molar-refractivity contribution < 1.29 is 4.74 Å². The van der Waals surface area contributed by atoms with Gasteiger partial charge < -0.3 is 19.9 Å². The average Bonchev–Trinajstić information content (AvgIpc) is 2.59. The minimum absolute atomic E-state index is 0.680. The number of hydrogen-bond donors (Lipinski definition) is 1. The van der Waals surface area contributed by atoms with Gasteiger partial charge in [0.05, 0.1) is 6.54 Å². The highest BCUT2D eigenvalue weighted by molar-refractivity contribution is 5.80. The van der Waals surface area contributed by atoms with Crippen LogP contribution in [0.2, 0.25) is 0 Å². The van der Waals surface area contributed by atoms with Crippen LogP contribution in [0.15, 0.2) is 29.3 Å². The van der Waals surface area contributed by atoms with Crippen molar-refractivity contribution >= 4 is 5.96 Å². The Balaban J connectivity index is 1.94. The largest absolute Gasteiger partial charge is 0.492 e. The zero-order valence-corrected chi connectivity index (χ0v) is 16.3. The number of likely N-dealkylation sites (N-methyl/N-ethyl adjacent to an activating group) is 1. The third-order valence-corrected chi connectivity index (χ3v) is 4.54. The van der Waals surface area contributed by atoms with Crippen LogP contribution in [-0.4, -0.2) is 62.6 Å². The third-order valence-electron chi connectivity index (χ3n) is 4.54. The second-order valence-corrected chi connectivity index (χ2v) is 7.14. The Morgan fingerprint density at radius 2 is 2.08 bits per heavy atom. The zero-order chi connectivity index (χ0) is 18.1. The fraction of sp³-hybridized carbons (Fsp3) is 0.650. The van der Waals surface area contributed by atoms with Crippen molar-refractivity contribution in [2.45, 2.75) is 33.2 Å². The number of piperidine rings is 1. The summed E-state index contributed by atoms with van der Waals surface area (Å²) in [4.78, 5) is 9.36. The van der Waals surface area contributed by atoms with Crippen molar-refractivity contribution in [2.75, 3.05) is 46.9 Å². The standard InChI is InChI=1S/C20H34N4O/c1-5-21-20(24-11-9-17(2)10-12-24)22-16-18-7-6-8-19(15-18)25-14-13-23(3)4/h6-8,15,17H,5,9-14,16H2,1-4H3,(H,21,22). The van der Waals surface area contributed by atoms with Crippen molar-refractivity contribution in [3.05, 3.63) is 29.8 Å². The molecule has 0 unspecified atom stereocenters. The first-order chi connectivity index (χ1) is 12.1. The highest BCUT2D eigenvalue weighted by atomic mass is 16.5. The van der Waals surface area contributed by atoms with Crippen LogP contribution in [-0.2, 0) is 6.54 Å². The molecule has 0 aromatic heterocycles. The Hall–Kier alpha value is -1.75. The Kier molecular flexibility index (Phi) is 8.06. The Bertz CT molecular complexity index is 536. The van der Waals surface area contributed by atoms with Gasteiger partial charge >= 0.3 is 0 Å². The highest BCUT2D eigenvalue weighted by Crippen LogP contribution is 2.17. The molecular weight excluding hydrogens is 312 g/mol. The maximum atomic E-state index is 5.82. The minimum atomic E-state index is 0.680. The smallest absolute Gasteiger partial charge is 0.194 e. The SMILES string of the molecule is CCNC(=NCc1cccc(OCCN(C)C)c1)N1CCC(C)CC1. The van der Waals surface area contributed by atoms with Crippen LogP contribution in [0.25, 0.3) is 0 Å². The van der Waals surface area contributed by atoms with Crippen molar-refractivity contribution in [1.82, 2.24) is 15.1 Å². The maximum Gasteiger partial charge on any atom is 0.194 e. The first-order valence-electron chi connectivity index (χ1n) is 9.48.